The molecule has 102 valence electrons. The Morgan fingerprint density at radius 3 is 2.75 bits per heavy atom. The van der Waals surface area contributed by atoms with Crippen molar-refractivity contribution in [3.63, 3.8) is 0 Å². The third-order valence-corrected chi connectivity index (χ3v) is 3.05. The molecule has 9 nitrogen and oxygen atoms in total. The highest BCUT2D eigenvalue weighted by atomic mass is 16.4. The van der Waals surface area contributed by atoms with Crippen molar-refractivity contribution in [2.24, 2.45) is 0 Å². The first-order valence-electron chi connectivity index (χ1n) is 5.85. The number of aromatic nitrogens is 5. The van der Waals surface area contributed by atoms with Gasteiger partial charge in [-0.2, -0.15) is 0 Å². The van der Waals surface area contributed by atoms with Gasteiger partial charge in [0.1, 0.15) is 5.69 Å². The molecule has 0 radical (unpaired) electrons. The zero-order valence-corrected chi connectivity index (χ0v) is 10.5. The number of fused-ring (bicyclic) bond motifs is 1. The van der Waals surface area contributed by atoms with Gasteiger partial charge in [0.15, 0.2) is 5.82 Å². The Kier molecular flexibility index (Phi) is 2.67. The van der Waals surface area contributed by atoms with Gasteiger partial charge in [-0.1, -0.05) is 0 Å². The summed E-state index contributed by atoms with van der Waals surface area (Å²) >= 11 is 0. The molecule has 0 saturated heterocycles. The molecule has 2 aromatic heterocycles. The van der Waals surface area contributed by atoms with Crippen LogP contribution < -0.4 is 0 Å². The van der Waals surface area contributed by atoms with Crippen LogP contribution >= 0.6 is 0 Å². The van der Waals surface area contributed by atoms with Gasteiger partial charge in [-0.05, 0) is 6.92 Å². The van der Waals surface area contributed by atoms with E-state index in [9.17, 15) is 9.59 Å². The van der Waals surface area contributed by atoms with E-state index in [4.69, 9.17) is 5.11 Å². The van der Waals surface area contributed by atoms with Crippen LogP contribution in [0, 0.1) is 0 Å². The number of carbonyl (C=O) groups excluding carboxylic acids is 1. The number of rotatable bonds is 1. The first-order chi connectivity index (χ1) is 9.59. The molecule has 2 aromatic rings. The number of carboxylic acid groups (broad SMARTS) is 1. The lowest BCUT2D eigenvalue weighted by Crippen LogP contribution is -2.49. The minimum atomic E-state index is -1.29. The third kappa shape index (κ3) is 1.71. The van der Waals surface area contributed by atoms with Crippen LogP contribution in [0.1, 0.15) is 17.5 Å². The Morgan fingerprint density at radius 2 is 2.10 bits per heavy atom. The standard InChI is InChI=1S/C11H10N6O3/c1-6-5-16-8(7-4-12-2-3-13-7)14-15-9(16)10(18)17(6)11(19)20/h2-4,6H,5H2,1H3,(H,19,20). The fraction of sp³-hybridized carbons (Fsp3) is 0.273. The van der Waals surface area contributed by atoms with E-state index in [0.717, 1.165) is 4.90 Å². The predicted molar refractivity (Wildman–Crippen MR) is 64.7 cm³/mol. The molecule has 1 atom stereocenters. The zero-order chi connectivity index (χ0) is 14.3. The van der Waals surface area contributed by atoms with Gasteiger partial charge in [0.25, 0.3) is 0 Å². The van der Waals surface area contributed by atoms with Crippen molar-refractivity contribution in [2.45, 2.75) is 19.5 Å². The summed E-state index contributed by atoms with van der Waals surface area (Å²) in [5, 5.41) is 16.7. The normalized spacial score (nSPS) is 17.9. The summed E-state index contributed by atoms with van der Waals surface area (Å²) in [6, 6.07) is -0.501. The lowest BCUT2D eigenvalue weighted by molar-refractivity contribution is 0.0601. The van der Waals surface area contributed by atoms with Gasteiger partial charge in [-0.25, -0.2) is 14.7 Å². The molecule has 20 heavy (non-hydrogen) atoms. The van der Waals surface area contributed by atoms with Crippen LogP contribution in [0.25, 0.3) is 11.5 Å². The lowest BCUT2D eigenvalue weighted by Gasteiger charge is -2.29. The lowest BCUT2D eigenvalue weighted by atomic mass is 10.2. The number of carbonyl (C=O) groups is 2. The van der Waals surface area contributed by atoms with Crippen LogP contribution in [-0.2, 0) is 6.54 Å². The zero-order valence-electron chi connectivity index (χ0n) is 10.5. The second-order valence-corrected chi connectivity index (χ2v) is 4.36. The van der Waals surface area contributed by atoms with E-state index in [1.807, 2.05) is 0 Å². The van der Waals surface area contributed by atoms with Crippen molar-refractivity contribution in [1.82, 2.24) is 29.6 Å². The van der Waals surface area contributed by atoms with E-state index < -0.39 is 18.0 Å². The molecule has 0 aromatic carbocycles. The number of amides is 2. The van der Waals surface area contributed by atoms with E-state index >= 15 is 0 Å². The Hall–Kier alpha value is -2.84. The van der Waals surface area contributed by atoms with Crippen LogP contribution in [0.5, 0.6) is 0 Å². The summed E-state index contributed by atoms with van der Waals surface area (Å²) < 4.78 is 1.57. The molecule has 0 spiro atoms. The molecule has 0 bridgehead atoms. The van der Waals surface area contributed by atoms with Gasteiger partial charge in [-0.3, -0.25) is 14.3 Å². The number of imide groups is 1. The van der Waals surface area contributed by atoms with Gasteiger partial charge >= 0.3 is 12.0 Å². The monoisotopic (exact) mass is 274 g/mol. The van der Waals surface area contributed by atoms with Gasteiger partial charge in [-0.15, -0.1) is 10.2 Å². The highest BCUT2D eigenvalue weighted by Gasteiger charge is 2.37. The molecular formula is C11H10N6O3. The van der Waals surface area contributed by atoms with Crippen molar-refractivity contribution < 1.29 is 14.7 Å². The summed E-state index contributed by atoms with van der Waals surface area (Å²) in [5.41, 5.74) is 0.482. The molecule has 1 aliphatic rings. The molecule has 3 heterocycles. The van der Waals surface area contributed by atoms with Crippen LogP contribution in [0.2, 0.25) is 0 Å². The van der Waals surface area contributed by atoms with Crippen molar-refractivity contribution in [1.29, 1.82) is 0 Å². The Bertz CT molecular complexity index is 683. The highest BCUT2D eigenvalue weighted by molar-refractivity contribution is 6.01. The van der Waals surface area contributed by atoms with Crippen molar-refractivity contribution in [3.8, 4) is 11.5 Å². The molecule has 1 aliphatic heterocycles. The summed E-state index contributed by atoms with van der Waals surface area (Å²) in [6.45, 7) is 1.93. The summed E-state index contributed by atoms with van der Waals surface area (Å²) in [4.78, 5) is 32.0. The average molecular weight is 274 g/mol. The van der Waals surface area contributed by atoms with Crippen LogP contribution in [0.15, 0.2) is 18.6 Å². The Labute approximate surface area is 112 Å². The quantitative estimate of drug-likeness (QED) is 0.793. The fourth-order valence-electron chi connectivity index (χ4n) is 2.17. The van der Waals surface area contributed by atoms with Gasteiger partial charge in [0, 0.05) is 18.9 Å². The van der Waals surface area contributed by atoms with Crippen molar-refractivity contribution >= 4 is 12.0 Å². The molecule has 0 saturated carbocycles. The second-order valence-electron chi connectivity index (χ2n) is 4.36. The predicted octanol–water partition coefficient (Wildman–Crippen LogP) is 0.257. The third-order valence-electron chi connectivity index (χ3n) is 3.05. The molecule has 0 aliphatic carbocycles. The Balaban J connectivity index is 2.09. The second kappa shape index (κ2) is 4.37. The molecule has 1 N–H and O–H groups in total. The maximum atomic E-state index is 12.1. The first kappa shape index (κ1) is 12.2. The highest BCUT2D eigenvalue weighted by Crippen LogP contribution is 2.22. The SMILES string of the molecule is CC1Cn2c(nnc2-c2cnccn2)C(=O)N1C(=O)O. The van der Waals surface area contributed by atoms with E-state index in [-0.39, 0.29) is 12.4 Å². The molecule has 2 amide bonds. The molecule has 1 unspecified atom stereocenters. The molecule has 3 rings (SSSR count). The van der Waals surface area contributed by atoms with E-state index in [1.54, 1.807) is 11.5 Å². The van der Waals surface area contributed by atoms with E-state index in [0.29, 0.717) is 11.5 Å². The maximum absolute atomic E-state index is 12.1. The Morgan fingerprint density at radius 1 is 1.35 bits per heavy atom. The minimum absolute atomic E-state index is 0.00819. The smallest absolute Gasteiger partial charge is 0.414 e. The summed E-state index contributed by atoms with van der Waals surface area (Å²) in [6.07, 6.45) is 3.25. The van der Waals surface area contributed by atoms with E-state index in [1.165, 1.54) is 18.6 Å². The number of hydrogen-bond acceptors (Lipinski definition) is 6. The average Bonchev–Trinajstić information content (AvgIpc) is 2.83. The van der Waals surface area contributed by atoms with Gasteiger partial charge in [0.2, 0.25) is 5.82 Å². The number of hydrogen-bond donors (Lipinski definition) is 1. The minimum Gasteiger partial charge on any atom is -0.465 e. The van der Waals surface area contributed by atoms with Crippen LogP contribution in [-0.4, -0.2) is 52.8 Å². The van der Waals surface area contributed by atoms with Crippen LogP contribution in [0.3, 0.4) is 0 Å². The van der Waals surface area contributed by atoms with E-state index in [2.05, 4.69) is 20.2 Å². The van der Waals surface area contributed by atoms with Crippen molar-refractivity contribution in [2.75, 3.05) is 0 Å². The largest absolute Gasteiger partial charge is 0.465 e. The topological polar surface area (TPSA) is 114 Å². The first-order valence-corrected chi connectivity index (χ1v) is 5.85. The van der Waals surface area contributed by atoms with Gasteiger partial charge < -0.3 is 5.11 Å². The molecule has 0 fully saturated rings. The number of nitrogens with zero attached hydrogens (tertiary/aromatic N) is 6. The van der Waals surface area contributed by atoms with Crippen molar-refractivity contribution in [3.05, 3.63) is 24.4 Å². The van der Waals surface area contributed by atoms with Crippen LogP contribution in [0.4, 0.5) is 4.79 Å². The molecule has 9 heteroatoms. The molecular weight excluding hydrogens is 264 g/mol. The maximum Gasteiger partial charge on any atom is 0.414 e. The summed E-state index contributed by atoms with van der Waals surface area (Å²) in [7, 11) is 0. The summed E-state index contributed by atoms with van der Waals surface area (Å²) in [5.74, 6) is -0.289. The van der Waals surface area contributed by atoms with Gasteiger partial charge in [0.05, 0.1) is 12.2 Å². The fourth-order valence-corrected chi connectivity index (χ4v) is 2.17.